The van der Waals surface area contributed by atoms with Crippen molar-refractivity contribution in [1.82, 2.24) is 15.1 Å². The molecule has 1 aromatic rings. The van der Waals surface area contributed by atoms with Crippen LogP contribution in [-0.4, -0.2) is 61.0 Å². The summed E-state index contributed by atoms with van der Waals surface area (Å²) in [6.45, 7) is 8.11. The van der Waals surface area contributed by atoms with Crippen molar-refractivity contribution >= 4 is 34.2 Å². The van der Waals surface area contributed by atoms with E-state index >= 15 is 0 Å². The van der Waals surface area contributed by atoms with Crippen molar-refractivity contribution in [2.75, 3.05) is 39.3 Å². The van der Waals surface area contributed by atoms with Crippen LogP contribution in [0, 0.1) is 6.92 Å². The monoisotopic (exact) mass is 387 g/mol. The maximum absolute atomic E-state index is 12.6. The van der Waals surface area contributed by atoms with Gasteiger partial charge in [-0.2, -0.15) is 0 Å². The lowest BCUT2D eigenvalue weighted by atomic mass is 10.1. The van der Waals surface area contributed by atoms with Gasteiger partial charge in [0.1, 0.15) is 0 Å². The Hall–Kier alpha value is -0.620. The lowest BCUT2D eigenvalue weighted by molar-refractivity contribution is 0.0773. The van der Waals surface area contributed by atoms with Crippen LogP contribution in [0.2, 0.25) is 0 Å². The molecular formula is C16H23BrClN3O. The first-order valence-corrected chi connectivity index (χ1v) is 8.44. The number of halogens is 2. The smallest absolute Gasteiger partial charge is 0.253 e. The molecule has 1 unspecified atom stereocenters. The van der Waals surface area contributed by atoms with Crippen molar-refractivity contribution in [3.8, 4) is 0 Å². The number of hydrogen-bond acceptors (Lipinski definition) is 3. The van der Waals surface area contributed by atoms with E-state index in [-0.39, 0.29) is 18.3 Å². The summed E-state index contributed by atoms with van der Waals surface area (Å²) in [7, 11) is 0. The Bertz CT molecular complexity index is 534. The molecule has 0 spiro atoms. The Morgan fingerprint density at radius 1 is 1.27 bits per heavy atom. The van der Waals surface area contributed by atoms with Crippen LogP contribution < -0.4 is 5.32 Å². The molecule has 1 atom stereocenters. The Morgan fingerprint density at radius 3 is 2.68 bits per heavy atom. The van der Waals surface area contributed by atoms with Gasteiger partial charge in [-0.3, -0.25) is 9.69 Å². The van der Waals surface area contributed by atoms with Crippen molar-refractivity contribution in [3.63, 3.8) is 0 Å². The van der Waals surface area contributed by atoms with Crippen molar-refractivity contribution in [3.05, 3.63) is 33.8 Å². The molecule has 2 aliphatic rings. The molecule has 0 saturated carbocycles. The normalized spacial score (nSPS) is 22.5. The topological polar surface area (TPSA) is 35.6 Å². The van der Waals surface area contributed by atoms with Gasteiger partial charge in [0.15, 0.2) is 0 Å². The lowest BCUT2D eigenvalue weighted by Gasteiger charge is -2.32. The van der Waals surface area contributed by atoms with E-state index in [0.717, 1.165) is 61.3 Å². The van der Waals surface area contributed by atoms with Gasteiger partial charge in [0.2, 0.25) is 0 Å². The third-order valence-corrected chi connectivity index (χ3v) is 5.39. The predicted molar refractivity (Wildman–Crippen MR) is 94.9 cm³/mol. The van der Waals surface area contributed by atoms with Gasteiger partial charge in [0.25, 0.3) is 5.91 Å². The van der Waals surface area contributed by atoms with Crippen LogP contribution in [0.4, 0.5) is 0 Å². The molecule has 2 aliphatic heterocycles. The van der Waals surface area contributed by atoms with Gasteiger partial charge in [0.05, 0.1) is 0 Å². The Morgan fingerprint density at radius 2 is 2.00 bits per heavy atom. The summed E-state index contributed by atoms with van der Waals surface area (Å²) in [5, 5.41) is 3.38. The van der Waals surface area contributed by atoms with Crippen molar-refractivity contribution in [2.24, 2.45) is 0 Å². The second kappa shape index (κ2) is 7.77. The quantitative estimate of drug-likeness (QED) is 0.844. The molecule has 0 radical (unpaired) electrons. The molecule has 0 aromatic heterocycles. The Kier molecular flexibility index (Phi) is 6.26. The molecular weight excluding hydrogens is 366 g/mol. The molecule has 6 heteroatoms. The number of hydrogen-bond donors (Lipinski definition) is 1. The number of piperazine rings is 1. The Labute approximate surface area is 146 Å². The molecule has 2 fully saturated rings. The second-order valence-corrected chi connectivity index (χ2v) is 6.80. The number of carbonyl (C=O) groups is 1. The van der Waals surface area contributed by atoms with Crippen molar-refractivity contribution < 1.29 is 4.79 Å². The molecule has 0 bridgehead atoms. The second-order valence-electron chi connectivity index (χ2n) is 5.94. The summed E-state index contributed by atoms with van der Waals surface area (Å²) in [4.78, 5) is 17.1. The van der Waals surface area contributed by atoms with Gasteiger partial charge in [-0.05, 0) is 31.0 Å². The van der Waals surface area contributed by atoms with Crippen LogP contribution in [0.25, 0.3) is 0 Å². The van der Waals surface area contributed by atoms with Gasteiger partial charge >= 0.3 is 0 Å². The number of rotatable bonds is 2. The average molecular weight is 389 g/mol. The number of benzene rings is 1. The minimum absolute atomic E-state index is 0. The zero-order valence-corrected chi connectivity index (χ0v) is 15.3. The third kappa shape index (κ3) is 3.82. The molecule has 4 nitrogen and oxygen atoms in total. The highest BCUT2D eigenvalue weighted by molar-refractivity contribution is 9.10. The van der Waals surface area contributed by atoms with E-state index in [0.29, 0.717) is 6.04 Å². The standard InChI is InChI=1S/C16H22BrN3O.ClH/c1-12-2-3-13(10-15(12)17)16(21)20-7-4-14(11-20)19-8-5-18-6-9-19;/h2-3,10,14,18H,4-9,11H2,1H3;1H. The van der Waals surface area contributed by atoms with Crippen molar-refractivity contribution in [2.45, 2.75) is 19.4 Å². The van der Waals surface area contributed by atoms with Crippen LogP contribution in [0.1, 0.15) is 22.3 Å². The average Bonchev–Trinajstić information content (AvgIpc) is 3.00. The molecule has 2 saturated heterocycles. The van der Waals surface area contributed by atoms with E-state index in [1.54, 1.807) is 0 Å². The molecule has 1 amide bonds. The summed E-state index contributed by atoms with van der Waals surface area (Å²) >= 11 is 3.51. The SMILES string of the molecule is Cc1ccc(C(=O)N2CCC(N3CCNCC3)C2)cc1Br.Cl. The highest BCUT2D eigenvalue weighted by atomic mass is 79.9. The van der Waals surface area contributed by atoms with E-state index in [1.165, 1.54) is 0 Å². The number of carbonyl (C=O) groups excluding carboxylic acids is 1. The molecule has 2 heterocycles. The van der Waals surface area contributed by atoms with Crippen LogP contribution in [-0.2, 0) is 0 Å². The number of nitrogens with zero attached hydrogens (tertiary/aromatic N) is 2. The first-order valence-electron chi connectivity index (χ1n) is 7.65. The van der Waals surface area contributed by atoms with E-state index in [2.05, 4.69) is 26.1 Å². The first kappa shape index (κ1) is 17.7. The number of likely N-dealkylation sites (tertiary alicyclic amines) is 1. The fraction of sp³-hybridized carbons (Fsp3) is 0.562. The maximum Gasteiger partial charge on any atom is 0.253 e. The maximum atomic E-state index is 12.6. The Balaban J connectivity index is 0.00000176. The zero-order valence-electron chi connectivity index (χ0n) is 12.8. The third-order valence-electron chi connectivity index (χ3n) is 4.54. The van der Waals surface area contributed by atoms with Crippen molar-refractivity contribution in [1.29, 1.82) is 0 Å². The van der Waals surface area contributed by atoms with Gasteiger partial charge in [-0.25, -0.2) is 0 Å². The van der Waals surface area contributed by atoms with Gasteiger partial charge < -0.3 is 10.2 Å². The lowest BCUT2D eigenvalue weighted by Crippen LogP contribution is -2.49. The number of amides is 1. The van der Waals surface area contributed by atoms with Crippen LogP contribution in [0.5, 0.6) is 0 Å². The van der Waals surface area contributed by atoms with Gasteiger partial charge in [-0.1, -0.05) is 22.0 Å². The molecule has 3 rings (SSSR count). The van der Waals surface area contributed by atoms with Crippen LogP contribution in [0.15, 0.2) is 22.7 Å². The summed E-state index contributed by atoms with van der Waals surface area (Å²) in [5.74, 6) is 0.160. The van der Waals surface area contributed by atoms with Crippen LogP contribution in [0.3, 0.4) is 0 Å². The highest BCUT2D eigenvalue weighted by Crippen LogP contribution is 2.22. The van der Waals surface area contributed by atoms with E-state index in [1.807, 2.05) is 30.0 Å². The van der Waals surface area contributed by atoms with E-state index < -0.39 is 0 Å². The summed E-state index contributed by atoms with van der Waals surface area (Å²) in [6, 6.07) is 6.40. The molecule has 0 aliphatic carbocycles. The molecule has 1 N–H and O–H groups in total. The fourth-order valence-electron chi connectivity index (χ4n) is 3.18. The zero-order chi connectivity index (χ0) is 14.8. The predicted octanol–water partition coefficient (Wildman–Crippen LogP) is 2.30. The molecule has 1 aromatic carbocycles. The van der Waals surface area contributed by atoms with Gasteiger partial charge in [0, 0.05) is 55.3 Å². The molecule has 122 valence electrons. The van der Waals surface area contributed by atoms with E-state index in [9.17, 15) is 4.79 Å². The number of nitrogens with one attached hydrogen (secondary N) is 1. The highest BCUT2D eigenvalue weighted by Gasteiger charge is 2.31. The first-order chi connectivity index (χ1) is 10.1. The van der Waals surface area contributed by atoms with Crippen LogP contribution >= 0.6 is 28.3 Å². The van der Waals surface area contributed by atoms with Gasteiger partial charge in [-0.15, -0.1) is 12.4 Å². The minimum atomic E-state index is 0. The summed E-state index contributed by atoms with van der Waals surface area (Å²) in [6.07, 6.45) is 1.10. The molecule has 22 heavy (non-hydrogen) atoms. The summed E-state index contributed by atoms with van der Waals surface area (Å²) < 4.78 is 1.01. The largest absolute Gasteiger partial charge is 0.337 e. The summed E-state index contributed by atoms with van der Waals surface area (Å²) in [5.41, 5.74) is 1.94. The van der Waals surface area contributed by atoms with E-state index in [4.69, 9.17) is 0 Å². The fourth-order valence-corrected chi connectivity index (χ4v) is 3.56. The number of aryl methyl sites for hydroxylation is 1. The minimum Gasteiger partial charge on any atom is -0.337 e.